The molecule has 0 spiro atoms. The summed E-state index contributed by atoms with van der Waals surface area (Å²) in [5, 5.41) is 2.92. The lowest BCUT2D eigenvalue weighted by Gasteiger charge is -2.14. The predicted molar refractivity (Wildman–Crippen MR) is 92.1 cm³/mol. The highest BCUT2D eigenvalue weighted by Gasteiger charge is 2.17. The van der Waals surface area contributed by atoms with Crippen LogP contribution in [0, 0.1) is 0 Å². The summed E-state index contributed by atoms with van der Waals surface area (Å²) >= 11 is 6.02. The maximum absolute atomic E-state index is 12.5. The molecule has 0 fully saturated rings. The maximum Gasteiger partial charge on any atom is 0.387 e. The Morgan fingerprint density at radius 2 is 1.62 bits per heavy atom. The van der Waals surface area contributed by atoms with Crippen molar-refractivity contribution in [3.05, 3.63) is 40.9 Å². The number of hydrogen-bond donors (Lipinski definition) is 1. The van der Waals surface area contributed by atoms with Crippen LogP contribution < -0.4 is 24.3 Å². The Labute approximate surface area is 153 Å². The molecule has 2 aromatic rings. The van der Waals surface area contributed by atoms with Crippen LogP contribution in [0.15, 0.2) is 30.3 Å². The fourth-order valence-corrected chi connectivity index (χ4v) is 2.39. The fourth-order valence-electron chi connectivity index (χ4n) is 2.16. The second kappa shape index (κ2) is 8.57. The number of hydrogen-bond acceptors (Lipinski definition) is 5. The van der Waals surface area contributed by atoms with Crippen LogP contribution in [0.3, 0.4) is 0 Å². The van der Waals surface area contributed by atoms with Crippen molar-refractivity contribution in [1.82, 2.24) is 0 Å². The minimum atomic E-state index is -3.05. The van der Waals surface area contributed by atoms with Crippen molar-refractivity contribution in [3.8, 4) is 23.0 Å². The SMILES string of the molecule is COc1cc(NC(=O)c2ccc(OC)c(OC(F)F)c2)c(OC)cc1Cl. The minimum absolute atomic E-state index is 0.0765. The van der Waals surface area contributed by atoms with Crippen LogP contribution in [0.5, 0.6) is 23.0 Å². The number of alkyl halides is 2. The number of benzene rings is 2. The quantitative estimate of drug-likeness (QED) is 0.770. The zero-order valence-corrected chi connectivity index (χ0v) is 14.9. The lowest BCUT2D eigenvalue weighted by molar-refractivity contribution is -0.0512. The number of rotatable bonds is 7. The van der Waals surface area contributed by atoms with Gasteiger partial charge in [-0.15, -0.1) is 0 Å². The summed E-state index contributed by atoms with van der Waals surface area (Å²) in [5.74, 6) is -0.112. The molecule has 0 aromatic heterocycles. The molecule has 26 heavy (non-hydrogen) atoms. The molecular formula is C17H16ClF2NO5. The molecule has 2 aromatic carbocycles. The Bertz CT molecular complexity index is 801. The van der Waals surface area contributed by atoms with Gasteiger partial charge in [0.05, 0.1) is 32.0 Å². The van der Waals surface area contributed by atoms with E-state index in [4.69, 9.17) is 25.8 Å². The normalized spacial score (nSPS) is 10.4. The number of ether oxygens (including phenoxy) is 4. The smallest absolute Gasteiger partial charge is 0.387 e. The summed E-state index contributed by atoms with van der Waals surface area (Å²) in [7, 11) is 4.14. The molecule has 2 rings (SSSR count). The summed E-state index contributed by atoms with van der Waals surface area (Å²) in [6, 6.07) is 6.88. The molecule has 9 heteroatoms. The number of nitrogens with one attached hydrogen (secondary N) is 1. The van der Waals surface area contributed by atoms with Crippen LogP contribution in [0.2, 0.25) is 5.02 Å². The van der Waals surface area contributed by atoms with Gasteiger partial charge in [0, 0.05) is 17.7 Å². The van der Waals surface area contributed by atoms with Gasteiger partial charge in [-0.05, 0) is 18.2 Å². The number of halogens is 3. The van der Waals surface area contributed by atoms with E-state index in [1.807, 2.05) is 0 Å². The van der Waals surface area contributed by atoms with Gasteiger partial charge in [-0.25, -0.2) is 0 Å². The maximum atomic E-state index is 12.5. The van der Waals surface area contributed by atoms with Gasteiger partial charge in [0.15, 0.2) is 11.5 Å². The average molecular weight is 388 g/mol. The molecule has 6 nitrogen and oxygen atoms in total. The Balaban J connectivity index is 2.33. The second-order valence-electron chi connectivity index (χ2n) is 4.89. The first-order valence-electron chi connectivity index (χ1n) is 7.25. The summed E-state index contributed by atoms with van der Waals surface area (Å²) in [6.07, 6.45) is 0. The molecule has 0 aliphatic rings. The number of carbonyl (C=O) groups excluding carboxylic acids is 1. The largest absolute Gasteiger partial charge is 0.495 e. The molecular weight excluding hydrogens is 372 g/mol. The Morgan fingerprint density at radius 1 is 0.962 bits per heavy atom. The molecule has 0 unspecified atom stereocenters. The van der Waals surface area contributed by atoms with Gasteiger partial charge in [0.25, 0.3) is 5.91 Å². The molecule has 0 bridgehead atoms. The van der Waals surface area contributed by atoms with Crippen LogP contribution in [0.25, 0.3) is 0 Å². The molecule has 1 N–H and O–H groups in total. The zero-order valence-electron chi connectivity index (χ0n) is 14.1. The molecule has 0 saturated heterocycles. The summed E-state index contributed by atoms with van der Waals surface area (Å²) in [4.78, 5) is 12.5. The van der Waals surface area contributed by atoms with E-state index >= 15 is 0 Å². The van der Waals surface area contributed by atoms with Gasteiger partial charge in [0.1, 0.15) is 11.5 Å². The van der Waals surface area contributed by atoms with Crippen molar-refractivity contribution in [3.63, 3.8) is 0 Å². The van der Waals surface area contributed by atoms with Crippen LogP contribution in [-0.4, -0.2) is 33.8 Å². The highest BCUT2D eigenvalue weighted by atomic mass is 35.5. The third-order valence-corrected chi connectivity index (χ3v) is 3.66. The van der Waals surface area contributed by atoms with E-state index in [0.29, 0.717) is 22.2 Å². The van der Waals surface area contributed by atoms with Crippen molar-refractivity contribution in [2.24, 2.45) is 0 Å². The predicted octanol–water partition coefficient (Wildman–Crippen LogP) is 4.22. The number of carbonyl (C=O) groups is 1. The minimum Gasteiger partial charge on any atom is -0.495 e. The first-order chi connectivity index (χ1) is 12.4. The topological polar surface area (TPSA) is 66.0 Å². The molecule has 140 valence electrons. The number of methoxy groups -OCH3 is 3. The van der Waals surface area contributed by atoms with E-state index in [9.17, 15) is 13.6 Å². The highest BCUT2D eigenvalue weighted by Crippen LogP contribution is 2.36. The van der Waals surface area contributed by atoms with Crippen molar-refractivity contribution in [2.75, 3.05) is 26.6 Å². The molecule has 0 aliphatic carbocycles. The third-order valence-electron chi connectivity index (χ3n) is 3.36. The van der Waals surface area contributed by atoms with Crippen molar-refractivity contribution < 1.29 is 32.5 Å². The van der Waals surface area contributed by atoms with E-state index < -0.39 is 12.5 Å². The van der Waals surface area contributed by atoms with E-state index in [1.54, 1.807) is 0 Å². The van der Waals surface area contributed by atoms with Crippen LogP contribution in [-0.2, 0) is 0 Å². The molecule has 0 heterocycles. The molecule has 0 atom stereocenters. The van der Waals surface area contributed by atoms with Crippen molar-refractivity contribution in [2.45, 2.75) is 6.61 Å². The third kappa shape index (κ3) is 4.45. The summed E-state index contributed by atoms with van der Waals surface area (Å²) < 4.78 is 44.6. The molecule has 0 radical (unpaired) electrons. The van der Waals surface area contributed by atoms with Crippen molar-refractivity contribution >= 4 is 23.2 Å². The van der Waals surface area contributed by atoms with E-state index in [1.165, 1.54) is 45.6 Å². The standard InChI is InChI=1S/C17H16ClF2NO5/c1-23-12-5-4-9(6-15(12)26-17(19)20)16(22)21-11-8-13(24-2)10(18)7-14(11)25-3/h4-8,17H,1-3H3,(H,21,22). The fraction of sp³-hybridized carbons (Fsp3) is 0.235. The molecule has 0 saturated carbocycles. The molecule has 1 amide bonds. The summed E-state index contributed by atoms with van der Waals surface area (Å²) in [6.45, 7) is -3.05. The lowest BCUT2D eigenvalue weighted by atomic mass is 10.1. The first kappa shape index (κ1) is 19.6. The van der Waals surface area contributed by atoms with Gasteiger partial charge in [-0.1, -0.05) is 11.6 Å². The second-order valence-corrected chi connectivity index (χ2v) is 5.29. The first-order valence-corrected chi connectivity index (χ1v) is 7.63. The Kier molecular flexibility index (Phi) is 6.46. The average Bonchev–Trinajstić information content (AvgIpc) is 2.62. The van der Waals surface area contributed by atoms with Gasteiger partial charge in [0.2, 0.25) is 0 Å². The van der Waals surface area contributed by atoms with E-state index in [2.05, 4.69) is 10.1 Å². The van der Waals surface area contributed by atoms with Gasteiger partial charge in [-0.3, -0.25) is 4.79 Å². The summed E-state index contributed by atoms with van der Waals surface area (Å²) in [5.41, 5.74) is 0.378. The monoisotopic (exact) mass is 387 g/mol. The van der Waals surface area contributed by atoms with Crippen LogP contribution >= 0.6 is 11.6 Å². The van der Waals surface area contributed by atoms with Gasteiger partial charge in [-0.2, -0.15) is 8.78 Å². The van der Waals surface area contributed by atoms with Crippen molar-refractivity contribution in [1.29, 1.82) is 0 Å². The highest BCUT2D eigenvalue weighted by molar-refractivity contribution is 6.32. The van der Waals surface area contributed by atoms with Crippen LogP contribution in [0.1, 0.15) is 10.4 Å². The number of anilines is 1. The van der Waals surface area contributed by atoms with Gasteiger partial charge >= 0.3 is 6.61 Å². The van der Waals surface area contributed by atoms with E-state index in [-0.39, 0.29) is 17.1 Å². The lowest BCUT2D eigenvalue weighted by Crippen LogP contribution is -2.13. The number of amides is 1. The Hall–Kier alpha value is -2.74. The van der Waals surface area contributed by atoms with Gasteiger partial charge < -0.3 is 24.3 Å². The van der Waals surface area contributed by atoms with E-state index in [0.717, 1.165) is 6.07 Å². The molecule has 0 aliphatic heterocycles. The van der Waals surface area contributed by atoms with Crippen LogP contribution in [0.4, 0.5) is 14.5 Å². The zero-order chi connectivity index (χ0) is 19.3. The Morgan fingerprint density at radius 3 is 2.19 bits per heavy atom.